The van der Waals surface area contributed by atoms with Gasteiger partial charge in [-0.3, -0.25) is 9.59 Å². The summed E-state index contributed by atoms with van der Waals surface area (Å²) >= 11 is 0. The zero-order valence-corrected chi connectivity index (χ0v) is 11.0. The largest absolute Gasteiger partial charge is 0.367 e. The number of nitrogens with zero attached hydrogens (tertiary/aromatic N) is 1. The number of hydrogen-bond acceptors (Lipinski definition) is 3. The molecule has 1 aromatic heterocycles. The first-order valence-electron chi connectivity index (χ1n) is 6.36. The van der Waals surface area contributed by atoms with Gasteiger partial charge in [0.2, 0.25) is 0 Å². The molecule has 5 nitrogen and oxygen atoms in total. The van der Waals surface area contributed by atoms with Crippen molar-refractivity contribution in [3.05, 3.63) is 34.2 Å². The molecule has 18 heavy (non-hydrogen) atoms. The molecule has 0 aromatic carbocycles. The highest BCUT2D eigenvalue weighted by Gasteiger charge is 2.09. The van der Waals surface area contributed by atoms with Gasteiger partial charge in [0, 0.05) is 31.5 Å². The SMILES string of the molecule is CCCN(CC)CCNC(=O)c1c[nH]ccc1=O. The molecule has 0 fully saturated rings. The van der Waals surface area contributed by atoms with Crippen molar-refractivity contribution in [2.75, 3.05) is 26.2 Å². The maximum Gasteiger partial charge on any atom is 0.256 e. The number of likely N-dealkylation sites (N-methyl/N-ethyl adjacent to an activating group) is 1. The van der Waals surface area contributed by atoms with Crippen molar-refractivity contribution in [2.24, 2.45) is 0 Å². The van der Waals surface area contributed by atoms with Crippen LogP contribution in [0.1, 0.15) is 30.6 Å². The fraction of sp³-hybridized carbons (Fsp3) is 0.538. The molecule has 1 amide bonds. The Morgan fingerprint density at radius 1 is 1.39 bits per heavy atom. The molecule has 0 saturated carbocycles. The van der Waals surface area contributed by atoms with Crippen molar-refractivity contribution in [1.82, 2.24) is 15.2 Å². The molecule has 0 aliphatic carbocycles. The summed E-state index contributed by atoms with van der Waals surface area (Å²) in [5.74, 6) is -0.315. The molecular weight excluding hydrogens is 230 g/mol. The van der Waals surface area contributed by atoms with Gasteiger partial charge in [-0.05, 0) is 19.5 Å². The molecule has 1 heterocycles. The zero-order chi connectivity index (χ0) is 13.4. The maximum absolute atomic E-state index is 11.7. The second kappa shape index (κ2) is 7.66. The van der Waals surface area contributed by atoms with Gasteiger partial charge in [0.15, 0.2) is 5.43 Å². The minimum absolute atomic E-state index is 0.163. The van der Waals surface area contributed by atoms with E-state index < -0.39 is 0 Å². The average molecular weight is 251 g/mol. The molecule has 0 atom stereocenters. The van der Waals surface area contributed by atoms with Gasteiger partial charge in [-0.25, -0.2) is 0 Å². The van der Waals surface area contributed by atoms with E-state index in [-0.39, 0.29) is 16.9 Å². The average Bonchev–Trinajstić information content (AvgIpc) is 2.38. The first-order valence-corrected chi connectivity index (χ1v) is 6.36. The molecule has 0 spiro atoms. The summed E-state index contributed by atoms with van der Waals surface area (Å²) in [6.45, 7) is 7.58. The Hall–Kier alpha value is -1.62. The third-order valence-corrected chi connectivity index (χ3v) is 2.77. The lowest BCUT2D eigenvalue weighted by molar-refractivity contribution is 0.0947. The van der Waals surface area contributed by atoms with Crippen LogP contribution in [-0.4, -0.2) is 42.0 Å². The number of aromatic amines is 1. The van der Waals surface area contributed by atoms with Gasteiger partial charge in [-0.15, -0.1) is 0 Å². The molecule has 0 saturated heterocycles. The van der Waals surface area contributed by atoms with Crippen molar-refractivity contribution in [3.8, 4) is 0 Å². The molecule has 2 N–H and O–H groups in total. The molecule has 1 rings (SSSR count). The van der Waals surface area contributed by atoms with Gasteiger partial charge in [0.25, 0.3) is 5.91 Å². The van der Waals surface area contributed by atoms with Crippen molar-refractivity contribution >= 4 is 5.91 Å². The quantitative estimate of drug-likeness (QED) is 0.754. The molecule has 0 radical (unpaired) electrons. The maximum atomic E-state index is 11.7. The predicted octanol–water partition coefficient (Wildman–Crippen LogP) is 0.837. The molecule has 0 aliphatic heterocycles. The zero-order valence-electron chi connectivity index (χ0n) is 11.0. The summed E-state index contributed by atoms with van der Waals surface area (Å²) < 4.78 is 0. The van der Waals surface area contributed by atoms with Gasteiger partial charge in [0.1, 0.15) is 5.56 Å². The third-order valence-electron chi connectivity index (χ3n) is 2.77. The van der Waals surface area contributed by atoms with Crippen LogP contribution in [0.4, 0.5) is 0 Å². The van der Waals surface area contributed by atoms with Crippen LogP contribution in [0.5, 0.6) is 0 Å². The van der Waals surface area contributed by atoms with Crippen LogP contribution in [-0.2, 0) is 0 Å². The second-order valence-electron chi connectivity index (χ2n) is 4.11. The lowest BCUT2D eigenvalue weighted by Gasteiger charge is -2.19. The minimum Gasteiger partial charge on any atom is -0.367 e. The number of aromatic nitrogens is 1. The Kier molecular flexibility index (Phi) is 6.14. The van der Waals surface area contributed by atoms with Crippen LogP contribution < -0.4 is 10.7 Å². The fourth-order valence-corrected chi connectivity index (χ4v) is 1.76. The van der Waals surface area contributed by atoms with E-state index in [4.69, 9.17) is 0 Å². The Morgan fingerprint density at radius 3 is 2.78 bits per heavy atom. The van der Waals surface area contributed by atoms with E-state index in [1.807, 2.05) is 0 Å². The lowest BCUT2D eigenvalue weighted by Crippen LogP contribution is -2.36. The number of amides is 1. The van der Waals surface area contributed by atoms with E-state index in [1.54, 1.807) is 0 Å². The number of H-pyrrole nitrogens is 1. The van der Waals surface area contributed by atoms with Crippen LogP contribution in [0.2, 0.25) is 0 Å². The minimum atomic E-state index is -0.315. The van der Waals surface area contributed by atoms with Gasteiger partial charge in [-0.2, -0.15) is 0 Å². The molecule has 1 aromatic rings. The van der Waals surface area contributed by atoms with Gasteiger partial charge < -0.3 is 15.2 Å². The number of nitrogens with one attached hydrogen (secondary N) is 2. The van der Waals surface area contributed by atoms with Crippen molar-refractivity contribution in [1.29, 1.82) is 0 Å². The van der Waals surface area contributed by atoms with Crippen LogP contribution >= 0.6 is 0 Å². The molecule has 0 bridgehead atoms. The van der Waals surface area contributed by atoms with E-state index in [0.29, 0.717) is 6.54 Å². The summed E-state index contributed by atoms with van der Waals surface area (Å²) in [6.07, 6.45) is 4.04. The topological polar surface area (TPSA) is 65.2 Å². The summed E-state index contributed by atoms with van der Waals surface area (Å²) in [5, 5.41) is 2.76. The predicted molar refractivity (Wildman–Crippen MR) is 71.8 cm³/mol. The first kappa shape index (κ1) is 14.4. The van der Waals surface area contributed by atoms with Crippen LogP contribution in [0, 0.1) is 0 Å². The number of carbonyl (C=O) groups excluding carboxylic acids is 1. The smallest absolute Gasteiger partial charge is 0.256 e. The van der Waals surface area contributed by atoms with E-state index in [9.17, 15) is 9.59 Å². The summed E-state index contributed by atoms with van der Waals surface area (Å²) in [4.78, 5) is 28.2. The van der Waals surface area contributed by atoms with E-state index >= 15 is 0 Å². The fourth-order valence-electron chi connectivity index (χ4n) is 1.76. The normalized spacial score (nSPS) is 10.6. The Labute approximate surface area is 107 Å². The number of carbonyl (C=O) groups is 1. The van der Waals surface area contributed by atoms with Crippen molar-refractivity contribution < 1.29 is 4.79 Å². The van der Waals surface area contributed by atoms with Crippen LogP contribution in [0.25, 0.3) is 0 Å². The first-order chi connectivity index (χ1) is 8.69. The van der Waals surface area contributed by atoms with Gasteiger partial charge >= 0.3 is 0 Å². The molecular formula is C13H21N3O2. The second-order valence-corrected chi connectivity index (χ2v) is 4.11. The van der Waals surface area contributed by atoms with E-state index in [0.717, 1.165) is 26.1 Å². The van der Waals surface area contributed by atoms with E-state index in [2.05, 4.69) is 29.0 Å². The van der Waals surface area contributed by atoms with Crippen molar-refractivity contribution in [3.63, 3.8) is 0 Å². The molecule has 0 unspecified atom stereocenters. The highest BCUT2D eigenvalue weighted by Crippen LogP contribution is 1.91. The summed E-state index contributed by atoms with van der Waals surface area (Å²) in [7, 11) is 0. The number of rotatable bonds is 7. The number of hydrogen-bond donors (Lipinski definition) is 2. The lowest BCUT2D eigenvalue weighted by atomic mass is 10.2. The highest BCUT2D eigenvalue weighted by molar-refractivity contribution is 5.93. The Morgan fingerprint density at radius 2 is 2.17 bits per heavy atom. The van der Waals surface area contributed by atoms with Crippen LogP contribution in [0.15, 0.2) is 23.3 Å². The summed E-state index contributed by atoms with van der Waals surface area (Å²) in [6, 6.07) is 1.35. The third kappa shape index (κ3) is 4.33. The Balaban J connectivity index is 2.42. The summed E-state index contributed by atoms with van der Waals surface area (Å²) in [5.41, 5.74) is -0.0943. The number of pyridine rings is 1. The van der Waals surface area contributed by atoms with Crippen LogP contribution in [0.3, 0.4) is 0 Å². The van der Waals surface area contributed by atoms with Gasteiger partial charge in [0.05, 0.1) is 0 Å². The Bertz CT molecular complexity index is 428. The van der Waals surface area contributed by atoms with Crippen molar-refractivity contribution in [2.45, 2.75) is 20.3 Å². The molecule has 100 valence electrons. The molecule has 5 heteroatoms. The molecule has 0 aliphatic rings. The monoisotopic (exact) mass is 251 g/mol. The highest BCUT2D eigenvalue weighted by atomic mass is 16.2. The van der Waals surface area contributed by atoms with E-state index in [1.165, 1.54) is 18.5 Å². The van der Waals surface area contributed by atoms with Gasteiger partial charge in [-0.1, -0.05) is 13.8 Å². The standard InChI is InChI=1S/C13H21N3O2/c1-3-8-16(4-2)9-7-15-13(18)11-10-14-6-5-12(11)17/h5-6,10H,3-4,7-9H2,1-2H3,(H,14,17)(H,15,18).